The van der Waals surface area contributed by atoms with Crippen LogP contribution in [-0.4, -0.2) is 42.1 Å². The largest absolute Gasteiger partial charge is 0.480 e. The third-order valence-electron chi connectivity index (χ3n) is 4.35. The molecular formula is C13H20N2O4S. The number of hydrogen-bond donors (Lipinski definition) is 1. The fourth-order valence-electron chi connectivity index (χ4n) is 3.26. The Hall–Kier alpha value is -1.13. The molecule has 1 saturated carbocycles. The molecule has 1 aliphatic heterocycles. The summed E-state index contributed by atoms with van der Waals surface area (Å²) in [5.74, 6) is -1.33. The number of nitriles is 1. The van der Waals surface area contributed by atoms with Gasteiger partial charge in [-0.1, -0.05) is 12.8 Å². The van der Waals surface area contributed by atoms with Crippen LogP contribution >= 0.6 is 0 Å². The molecule has 2 fully saturated rings. The quantitative estimate of drug-likeness (QED) is 0.844. The fraction of sp³-hybridized carbons (Fsp3) is 0.846. The standard InChI is InChI=1S/C13H20N2O4S/c14-9-13(6-2-3-7-13)10-20(18,19)15-8-4-1-5-11(15)12(16)17/h11H,1-8,10H2,(H,16,17). The van der Waals surface area contributed by atoms with Crippen molar-refractivity contribution in [3.8, 4) is 6.07 Å². The van der Waals surface area contributed by atoms with Crippen LogP contribution in [0.2, 0.25) is 0 Å². The molecule has 1 aliphatic carbocycles. The van der Waals surface area contributed by atoms with Gasteiger partial charge in [-0.2, -0.15) is 9.57 Å². The zero-order valence-electron chi connectivity index (χ0n) is 11.4. The summed E-state index contributed by atoms with van der Waals surface area (Å²) in [6.45, 7) is 0.251. The smallest absolute Gasteiger partial charge is 0.322 e. The molecule has 1 atom stereocenters. The topological polar surface area (TPSA) is 98.5 Å². The van der Waals surface area contributed by atoms with Crippen LogP contribution in [0.15, 0.2) is 0 Å². The molecule has 2 rings (SSSR count). The first-order chi connectivity index (χ1) is 9.40. The second kappa shape index (κ2) is 5.70. The second-order valence-corrected chi connectivity index (χ2v) is 7.74. The number of piperidine rings is 1. The highest BCUT2D eigenvalue weighted by molar-refractivity contribution is 7.89. The fourth-order valence-corrected chi connectivity index (χ4v) is 5.46. The third kappa shape index (κ3) is 2.96. The number of hydrogen-bond acceptors (Lipinski definition) is 4. The Labute approximate surface area is 119 Å². The van der Waals surface area contributed by atoms with Crippen molar-refractivity contribution < 1.29 is 18.3 Å². The lowest BCUT2D eigenvalue weighted by Gasteiger charge is -2.34. The molecule has 1 unspecified atom stereocenters. The van der Waals surface area contributed by atoms with E-state index in [4.69, 9.17) is 0 Å². The van der Waals surface area contributed by atoms with Crippen LogP contribution in [0, 0.1) is 16.7 Å². The predicted molar refractivity (Wildman–Crippen MR) is 72.3 cm³/mol. The van der Waals surface area contributed by atoms with Crippen LogP contribution < -0.4 is 0 Å². The number of aliphatic carboxylic acids is 1. The number of rotatable bonds is 4. The van der Waals surface area contributed by atoms with Crippen molar-refractivity contribution in [1.29, 1.82) is 5.26 Å². The molecule has 0 aromatic rings. The zero-order valence-corrected chi connectivity index (χ0v) is 12.2. The van der Waals surface area contributed by atoms with E-state index in [2.05, 4.69) is 6.07 Å². The Balaban J connectivity index is 2.20. The molecular weight excluding hydrogens is 280 g/mol. The Bertz CT molecular complexity index is 517. The van der Waals surface area contributed by atoms with Crippen LogP contribution in [0.5, 0.6) is 0 Å². The van der Waals surface area contributed by atoms with Crippen LogP contribution in [0.4, 0.5) is 0 Å². The van der Waals surface area contributed by atoms with Gasteiger partial charge >= 0.3 is 5.97 Å². The van der Waals surface area contributed by atoms with Gasteiger partial charge < -0.3 is 5.11 Å². The Kier molecular flexibility index (Phi) is 4.35. The predicted octanol–water partition coefficient (Wildman–Crippen LogP) is 1.34. The first kappa shape index (κ1) is 15.3. The van der Waals surface area contributed by atoms with Crippen molar-refractivity contribution in [3.63, 3.8) is 0 Å². The van der Waals surface area contributed by atoms with E-state index in [1.165, 1.54) is 0 Å². The summed E-state index contributed by atoms with van der Waals surface area (Å²) in [7, 11) is -3.70. The number of carboxylic acid groups (broad SMARTS) is 1. The average Bonchev–Trinajstić information content (AvgIpc) is 2.87. The molecule has 0 aromatic carbocycles. The molecule has 20 heavy (non-hydrogen) atoms. The average molecular weight is 300 g/mol. The minimum Gasteiger partial charge on any atom is -0.480 e. The van der Waals surface area contributed by atoms with Crippen molar-refractivity contribution in [3.05, 3.63) is 0 Å². The molecule has 0 bridgehead atoms. The van der Waals surface area contributed by atoms with Gasteiger partial charge in [-0.15, -0.1) is 0 Å². The van der Waals surface area contributed by atoms with Gasteiger partial charge in [-0.3, -0.25) is 4.79 Å². The number of sulfonamides is 1. The van der Waals surface area contributed by atoms with Crippen molar-refractivity contribution in [2.24, 2.45) is 5.41 Å². The molecule has 7 heteroatoms. The lowest BCUT2D eigenvalue weighted by atomic mass is 9.91. The summed E-state index contributed by atoms with van der Waals surface area (Å²) >= 11 is 0. The Morgan fingerprint density at radius 3 is 2.50 bits per heavy atom. The zero-order chi connectivity index (χ0) is 14.8. The molecule has 6 nitrogen and oxygen atoms in total. The first-order valence-corrected chi connectivity index (χ1v) is 8.65. The first-order valence-electron chi connectivity index (χ1n) is 7.04. The summed E-state index contributed by atoms with van der Waals surface area (Å²) in [5, 5.41) is 18.5. The highest BCUT2D eigenvalue weighted by Crippen LogP contribution is 2.39. The maximum Gasteiger partial charge on any atom is 0.322 e. The van der Waals surface area contributed by atoms with Crippen LogP contribution in [0.25, 0.3) is 0 Å². The molecule has 0 amide bonds. The van der Waals surface area contributed by atoms with Crippen molar-refractivity contribution in [1.82, 2.24) is 4.31 Å². The number of carboxylic acids is 1. The van der Waals surface area contributed by atoms with E-state index in [9.17, 15) is 23.6 Å². The lowest BCUT2D eigenvalue weighted by molar-refractivity contribution is -0.142. The van der Waals surface area contributed by atoms with E-state index in [0.29, 0.717) is 25.7 Å². The summed E-state index contributed by atoms with van der Waals surface area (Å²) in [6.07, 6.45) is 4.68. The third-order valence-corrected chi connectivity index (χ3v) is 6.42. The van der Waals surface area contributed by atoms with E-state index < -0.39 is 27.4 Å². The maximum absolute atomic E-state index is 12.5. The van der Waals surface area contributed by atoms with E-state index in [1.54, 1.807) is 0 Å². The van der Waals surface area contributed by atoms with Gasteiger partial charge in [0, 0.05) is 6.54 Å². The highest BCUT2D eigenvalue weighted by Gasteiger charge is 2.44. The van der Waals surface area contributed by atoms with Gasteiger partial charge in [-0.25, -0.2) is 8.42 Å². The summed E-state index contributed by atoms with van der Waals surface area (Å²) in [6, 6.07) is 1.20. The van der Waals surface area contributed by atoms with Crippen molar-refractivity contribution in [2.45, 2.75) is 51.0 Å². The van der Waals surface area contributed by atoms with E-state index in [0.717, 1.165) is 23.6 Å². The SMILES string of the molecule is N#CC1(CS(=O)(=O)N2CCCCC2C(=O)O)CCCC1. The van der Waals surface area contributed by atoms with Crippen LogP contribution in [0.3, 0.4) is 0 Å². The van der Waals surface area contributed by atoms with Crippen LogP contribution in [0.1, 0.15) is 44.9 Å². The minimum atomic E-state index is -3.70. The minimum absolute atomic E-state index is 0.236. The van der Waals surface area contributed by atoms with Gasteiger partial charge in [0.25, 0.3) is 0 Å². The lowest BCUT2D eigenvalue weighted by Crippen LogP contribution is -2.50. The molecule has 112 valence electrons. The van der Waals surface area contributed by atoms with Gasteiger partial charge in [-0.05, 0) is 32.1 Å². The van der Waals surface area contributed by atoms with Crippen LogP contribution in [-0.2, 0) is 14.8 Å². The normalized spacial score (nSPS) is 27.1. The number of carbonyl (C=O) groups is 1. The Morgan fingerprint density at radius 1 is 1.30 bits per heavy atom. The Morgan fingerprint density at radius 2 is 1.95 bits per heavy atom. The monoisotopic (exact) mass is 300 g/mol. The molecule has 0 radical (unpaired) electrons. The molecule has 1 N–H and O–H groups in total. The molecule has 1 heterocycles. The summed E-state index contributed by atoms with van der Waals surface area (Å²) < 4.78 is 26.2. The molecule has 1 saturated heterocycles. The number of nitrogens with zero attached hydrogens (tertiary/aromatic N) is 2. The van der Waals surface area contributed by atoms with E-state index >= 15 is 0 Å². The van der Waals surface area contributed by atoms with Gasteiger partial charge in [0.2, 0.25) is 10.0 Å². The molecule has 0 spiro atoms. The van der Waals surface area contributed by atoms with Gasteiger partial charge in [0.15, 0.2) is 0 Å². The highest BCUT2D eigenvalue weighted by atomic mass is 32.2. The van der Waals surface area contributed by atoms with Gasteiger partial charge in [0.1, 0.15) is 6.04 Å². The molecule has 2 aliphatic rings. The van der Waals surface area contributed by atoms with Gasteiger partial charge in [0.05, 0.1) is 17.2 Å². The molecule has 0 aromatic heterocycles. The second-order valence-electron chi connectivity index (χ2n) is 5.82. The van der Waals surface area contributed by atoms with E-state index in [-0.39, 0.29) is 12.3 Å². The maximum atomic E-state index is 12.5. The van der Waals surface area contributed by atoms with Crippen molar-refractivity contribution in [2.75, 3.05) is 12.3 Å². The van der Waals surface area contributed by atoms with Crippen molar-refractivity contribution >= 4 is 16.0 Å². The van der Waals surface area contributed by atoms with E-state index in [1.807, 2.05) is 0 Å². The summed E-state index contributed by atoms with van der Waals surface area (Å²) in [4.78, 5) is 11.2. The summed E-state index contributed by atoms with van der Waals surface area (Å²) in [5.41, 5.74) is -0.820.